The van der Waals surface area contributed by atoms with Crippen molar-refractivity contribution in [3.8, 4) is 11.5 Å². The Morgan fingerprint density at radius 3 is 2.67 bits per heavy atom. The molecule has 3 fully saturated rings. The van der Waals surface area contributed by atoms with E-state index in [1.807, 2.05) is 11.0 Å². The van der Waals surface area contributed by atoms with Crippen LogP contribution in [0.2, 0.25) is 0 Å². The predicted octanol–water partition coefficient (Wildman–Crippen LogP) is 2.53. The van der Waals surface area contributed by atoms with E-state index in [0.717, 1.165) is 24.1 Å². The molecule has 3 heterocycles. The van der Waals surface area contributed by atoms with Gasteiger partial charge in [0.1, 0.15) is 11.9 Å². The third-order valence-corrected chi connectivity index (χ3v) is 10.1. The Kier molecular flexibility index (Phi) is 5.66. The lowest BCUT2D eigenvalue weighted by Crippen LogP contribution is -2.79. The van der Waals surface area contributed by atoms with Crippen LogP contribution in [0.25, 0.3) is 0 Å². The quantitative estimate of drug-likeness (QED) is 0.412. The normalized spacial score (nSPS) is 34.9. The number of ether oxygens (including phenoxy) is 1. The van der Waals surface area contributed by atoms with Gasteiger partial charge in [-0.05, 0) is 67.8 Å². The van der Waals surface area contributed by atoms with Crippen molar-refractivity contribution >= 4 is 16.0 Å². The minimum atomic E-state index is -3.67. The highest BCUT2D eigenvalue weighted by molar-refractivity contribution is 7.85. The number of piperidine rings is 1. The van der Waals surface area contributed by atoms with Crippen LogP contribution >= 0.6 is 0 Å². The van der Waals surface area contributed by atoms with Gasteiger partial charge in [0.2, 0.25) is 0 Å². The number of fused-ring (bicyclic) bond motifs is 1. The fourth-order valence-corrected chi connectivity index (χ4v) is 8.52. The standard InChI is InChI=1S/C28H29FN2O4.CH4O3S/c29-19-3-1-2-17-18(19)13-31(26(17)33)23-16(10-14-4-5-14)12-28(34)21-11-15-6-7-20(32)24-22(15)27(28,8-9-30-21)25(23)35-24;1-5(2,3)4/h1-3,6-7,14,16,21,23,25,30,32,34H,4-5,8-13H2;1H3,(H,2,3,4)/t16?,21?,23-,25+,27+,28?;/m1./s1. The number of amides is 1. The molecule has 8 rings (SSSR count). The van der Waals surface area contributed by atoms with Gasteiger partial charge in [0.05, 0.1) is 29.9 Å². The van der Waals surface area contributed by atoms with E-state index >= 15 is 0 Å². The second-order valence-electron chi connectivity index (χ2n) is 12.4. The monoisotopic (exact) mass is 572 g/mol. The van der Waals surface area contributed by atoms with Crippen LogP contribution < -0.4 is 10.1 Å². The lowest BCUT2D eigenvalue weighted by molar-refractivity contribution is -0.185. The van der Waals surface area contributed by atoms with Crippen molar-refractivity contribution in [2.24, 2.45) is 11.8 Å². The zero-order valence-electron chi connectivity index (χ0n) is 22.1. The molecule has 9 nitrogen and oxygen atoms in total. The number of halogens is 1. The van der Waals surface area contributed by atoms with Crippen LogP contribution in [0.5, 0.6) is 11.5 Å². The summed E-state index contributed by atoms with van der Waals surface area (Å²) < 4.78 is 47.3. The lowest BCUT2D eigenvalue weighted by Gasteiger charge is -2.64. The number of carbonyl (C=O) groups excluding carboxylic acids is 1. The molecule has 0 radical (unpaired) electrons. The Bertz CT molecular complexity index is 1520. The molecule has 2 aromatic carbocycles. The van der Waals surface area contributed by atoms with Gasteiger partial charge < -0.3 is 25.2 Å². The Hall–Kier alpha value is -2.73. The first-order valence-electron chi connectivity index (χ1n) is 13.9. The predicted molar refractivity (Wildman–Crippen MR) is 142 cm³/mol. The second-order valence-corrected chi connectivity index (χ2v) is 13.9. The van der Waals surface area contributed by atoms with Gasteiger partial charge in [-0.25, -0.2) is 4.39 Å². The van der Waals surface area contributed by atoms with Crippen LogP contribution in [0.15, 0.2) is 30.3 Å². The summed E-state index contributed by atoms with van der Waals surface area (Å²) in [5.74, 6) is 0.689. The maximum Gasteiger partial charge on any atom is 0.261 e. The number of aromatic hydroxyl groups is 1. The van der Waals surface area contributed by atoms with Crippen LogP contribution in [-0.2, 0) is 28.5 Å². The zero-order chi connectivity index (χ0) is 28.2. The summed E-state index contributed by atoms with van der Waals surface area (Å²) in [4.78, 5) is 15.5. The average Bonchev–Trinajstić information content (AvgIpc) is 3.52. The van der Waals surface area contributed by atoms with Gasteiger partial charge in [0, 0.05) is 22.7 Å². The SMILES string of the molecule is CS(=O)(=O)O.O=C1c2cccc(F)c2CN1[C@@H]1C(CC2CC2)CC2(O)C3Cc4ccc(O)c5c4[C@@]2(CCN3)[C@H]1O5. The number of hydrogen-bond donors (Lipinski definition) is 4. The molecule has 1 saturated heterocycles. The Morgan fingerprint density at radius 2 is 1.98 bits per heavy atom. The molecule has 1 spiro atoms. The van der Waals surface area contributed by atoms with Crippen LogP contribution in [0.4, 0.5) is 4.39 Å². The molecule has 2 aromatic rings. The molecule has 1 amide bonds. The topological polar surface area (TPSA) is 136 Å². The fraction of sp³-hybridized carbons (Fsp3) is 0.552. The number of carbonyl (C=O) groups is 1. The molecule has 3 unspecified atom stereocenters. The number of nitrogens with zero attached hydrogens (tertiary/aromatic N) is 1. The van der Waals surface area contributed by atoms with Crippen molar-refractivity contribution in [3.63, 3.8) is 0 Å². The Morgan fingerprint density at radius 1 is 1.23 bits per heavy atom. The highest BCUT2D eigenvalue weighted by Gasteiger charge is 2.74. The number of aliphatic hydroxyl groups is 1. The smallest absolute Gasteiger partial charge is 0.261 e. The number of benzene rings is 2. The molecule has 3 aliphatic heterocycles. The summed E-state index contributed by atoms with van der Waals surface area (Å²) in [6, 6.07) is 7.97. The summed E-state index contributed by atoms with van der Waals surface area (Å²) in [5, 5.41) is 27.0. The van der Waals surface area contributed by atoms with E-state index in [9.17, 15) is 27.8 Å². The zero-order valence-corrected chi connectivity index (χ0v) is 23.0. The molecule has 2 saturated carbocycles. The minimum absolute atomic E-state index is 0.0346. The summed E-state index contributed by atoms with van der Waals surface area (Å²) >= 11 is 0. The van der Waals surface area contributed by atoms with Crippen LogP contribution in [0.3, 0.4) is 0 Å². The molecular weight excluding hydrogens is 539 g/mol. The summed E-state index contributed by atoms with van der Waals surface area (Å²) in [7, 11) is -3.67. The van der Waals surface area contributed by atoms with Crippen LogP contribution in [-0.4, -0.2) is 70.6 Å². The van der Waals surface area contributed by atoms with E-state index in [0.29, 0.717) is 48.3 Å². The third-order valence-electron chi connectivity index (χ3n) is 10.1. The lowest BCUT2D eigenvalue weighted by atomic mass is 9.46. The molecular formula is C29H33FN2O7S. The van der Waals surface area contributed by atoms with Gasteiger partial charge in [-0.15, -0.1) is 0 Å². The molecule has 4 N–H and O–H groups in total. The van der Waals surface area contributed by atoms with Gasteiger partial charge in [0.25, 0.3) is 16.0 Å². The van der Waals surface area contributed by atoms with Crippen molar-refractivity contribution < 1.29 is 37.1 Å². The Balaban J connectivity index is 0.000000490. The summed E-state index contributed by atoms with van der Waals surface area (Å²) in [6.07, 6.45) is 5.44. The van der Waals surface area contributed by atoms with Crippen molar-refractivity contribution in [3.05, 3.63) is 58.4 Å². The highest BCUT2D eigenvalue weighted by atomic mass is 32.2. The molecule has 2 bridgehead atoms. The third kappa shape index (κ3) is 3.67. The van der Waals surface area contributed by atoms with Crippen LogP contribution in [0.1, 0.15) is 59.2 Å². The van der Waals surface area contributed by atoms with E-state index in [-0.39, 0.29) is 42.0 Å². The number of rotatable bonds is 3. The van der Waals surface area contributed by atoms with Crippen molar-refractivity contribution in [1.29, 1.82) is 0 Å². The highest BCUT2D eigenvalue weighted by Crippen LogP contribution is 2.66. The fourth-order valence-electron chi connectivity index (χ4n) is 8.52. The molecule has 214 valence electrons. The van der Waals surface area contributed by atoms with Gasteiger partial charge >= 0.3 is 0 Å². The van der Waals surface area contributed by atoms with E-state index in [1.165, 1.54) is 18.9 Å². The van der Waals surface area contributed by atoms with Crippen LogP contribution in [0, 0.1) is 17.7 Å². The maximum atomic E-state index is 14.8. The van der Waals surface area contributed by atoms with Gasteiger partial charge in [-0.3, -0.25) is 9.35 Å². The van der Waals surface area contributed by atoms with Gasteiger partial charge in [0.15, 0.2) is 11.5 Å². The van der Waals surface area contributed by atoms with Crippen molar-refractivity contribution in [2.75, 3.05) is 12.8 Å². The maximum absolute atomic E-state index is 14.8. The molecule has 11 heteroatoms. The number of hydrogen-bond acceptors (Lipinski definition) is 7. The van der Waals surface area contributed by atoms with Gasteiger partial charge in [-0.2, -0.15) is 8.42 Å². The average molecular weight is 573 g/mol. The molecule has 3 aliphatic carbocycles. The molecule has 6 aliphatic rings. The van der Waals surface area contributed by atoms with E-state index < -0.39 is 27.2 Å². The largest absolute Gasteiger partial charge is 0.504 e. The molecule has 40 heavy (non-hydrogen) atoms. The van der Waals surface area contributed by atoms with Crippen molar-refractivity contribution in [2.45, 2.75) is 74.3 Å². The van der Waals surface area contributed by atoms with E-state index in [1.54, 1.807) is 18.2 Å². The number of phenols is 1. The number of nitrogens with one attached hydrogen (secondary N) is 1. The first-order chi connectivity index (χ1) is 18.9. The molecule has 6 atom stereocenters. The molecule has 0 aromatic heterocycles. The first-order valence-corrected chi connectivity index (χ1v) is 15.8. The number of phenolic OH excluding ortho intramolecular Hbond substituents is 1. The van der Waals surface area contributed by atoms with E-state index in [2.05, 4.69) is 5.32 Å². The van der Waals surface area contributed by atoms with Crippen molar-refractivity contribution in [1.82, 2.24) is 10.2 Å². The second kappa shape index (κ2) is 8.64. The van der Waals surface area contributed by atoms with E-state index in [4.69, 9.17) is 9.29 Å². The summed E-state index contributed by atoms with van der Waals surface area (Å²) in [6.45, 7) is 0.960. The minimum Gasteiger partial charge on any atom is -0.504 e. The van der Waals surface area contributed by atoms with Gasteiger partial charge in [-0.1, -0.05) is 25.0 Å². The summed E-state index contributed by atoms with van der Waals surface area (Å²) in [5.41, 5.74) is 1.18. The Labute approximate surface area is 232 Å². The first kappa shape index (κ1) is 26.2.